The van der Waals surface area contributed by atoms with Gasteiger partial charge in [0.1, 0.15) is 0 Å². The number of carbonyl (C=O) groups excluding carboxylic acids is 1. The molecule has 0 saturated carbocycles. The first-order valence-corrected chi connectivity index (χ1v) is 10.3. The van der Waals surface area contributed by atoms with E-state index in [1.54, 1.807) is 24.3 Å². The quantitative estimate of drug-likeness (QED) is 0.567. The molecule has 3 rings (SSSR count). The van der Waals surface area contributed by atoms with Crippen LogP contribution in [0.25, 0.3) is 0 Å². The van der Waals surface area contributed by atoms with Crippen molar-refractivity contribution in [2.75, 3.05) is 7.11 Å². The van der Waals surface area contributed by atoms with Gasteiger partial charge in [0.15, 0.2) is 0 Å². The maximum absolute atomic E-state index is 11.8. The Balaban J connectivity index is 2.23. The van der Waals surface area contributed by atoms with E-state index in [-0.39, 0.29) is 28.5 Å². The summed E-state index contributed by atoms with van der Waals surface area (Å²) in [6.07, 6.45) is 3.49. The van der Waals surface area contributed by atoms with Crippen molar-refractivity contribution in [3.05, 3.63) is 58.3 Å². The highest BCUT2D eigenvalue weighted by Crippen LogP contribution is 2.57. The normalized spacial score (nSPS) is 24.7. The Bertz CT molecular complexity index is 1070. The van der Waals surface area contributed by atoms with Crippen LogP contribution in [0.5, 0.6) is 0 Å². The van der Waals surface area contributed by atoms with Crippen molar-refractivity contribution in [2.24, 2.45) is 28.4 Å². The zero-order valence-electron chi connectivity index (χ0n) is 18.3. The molecule has 6 heteroatoms. The van der Waals surface area contributed by atoms with Gasteiger partial charge in [0, 0.05) is 5.92 Å². The van der Waals surface area contributed by atoms with Crippen LogP contribution in [0, 0.1) is 56.7 Å². The molecule has 0 spiro atoms. The van der Waals surface area contributed by atoms with Gasteiger partial charge in [0.25, 0.3) is 0 Å². The van der Waals surface area contributed by atoms with Gasteiger partial charge in [-0.1, -0.05) is 39.0 Å². The summed E-state index contributed by atoms with van der Waals surface area (Å²) in [7, 11) is 1.32. The summed E-state index contributed by atoms with van der Waals surface area (Å²) >= 11 is 0. The highest BCUT2D eigenvalue weighted by atomic mass is 16.5. The standard InChI is InChI=1S/C25H26N4O2/c1-24(2,3)17-9-10-20-18(11-17)21(15-5-7-16(8-6-15)23(30)31-4)19(12-26)22(29)25(20,13-27)14-28/h5-8,10,17-18,21H,9,11,29H2,1-4H3/t17-,18+,21-/m1/s1. The molecule has 0 radical (unpaired) electrons. The summed E-state index contributed by atoms with van der Waals surface area (Å²) in [4.78, 5) is 11.8. The smallest absolute Gasteiger partial charge is 0.337 e. The molecule has 0 unspecified atom stereocenters. The fourth-order valence-electron chi connectivity index (χ4n) is 4.88. The third-order valence-corrected chi connectivity index (χ3v) is 6.77. The largest absolute Gasteiger partial charge is 0.465 e. The molecule has 0 heterocycles. The molecule has 1 aromatic carbocycles. The van der Waals surface area contributed by atoms with Crippen LogP contribution < -0.4 is 5.73 Å². The Labute approximate surface area is 183 Å². The number of methoxy groups -OCH3 is 1. The van der Waals surface area contributed by atoms with E-state index in [9.17, 15) is 20.6 Å². The molecular weight excluding hydrogens is 388 g/mol. The van der Waals surface area contributed by atoms with Gasteiger partial charge in [-0.05, 0) is 53.4 Å². The van der Waals surface area contributed by atoms with Gasteiger partial charge < -0.3 is 10.5 Å². The number of ether oxygens (including phenoxy) is 1. The lowest BCUT2D eigenvalue weighted by Crippen LogP contribution is -2.43. The monoisotopic (exact) mass is 414 g/mol. The first-order chi connectivity index (χ1) is 14.6. The Morgan fingerprint density at radius 1 is 1.16 bits per heavy atom. The van der Waals surface area contributed by atoms with Gasteiger partial charge in [-0.15, -0.1) is 0 Å². The Morgan fingerprint density at radius 3 is 2.26 bits per heavy atom. The number of nitriles is 3. The number of allylic oxidation sites excluding steroid dienone is 3. The predicted molar refractivity (Wildman–Crippen MR) is 115 cm³/mol. The van der Waals surface area contributed by atoms with Crippen molar-refractivity contribution >= 4 is 5.97 Å². The van der Waals surface area contributed by atoms with E-state index in [2.05, 4.69) is 39.0 Å². The van der Waals surface area contributed by atoms with E-state index < -0.39 is 11.4 Å². The van der Waals surface area contributed by atoms with Gasteiger partial charge in [-0.3, -0.25) is 0 Å². The van der Waals surface area contributed by atoms with Gasteiger partial charge in [0.05, 0.1) is 42.2 Å². The number of esters is 1. The number of rotatable bonds is 2. The molecule has 0 bridgehead atoms. The third-order valence-electron chi connectivity index (χ3n) is 6.77. The summed E-state index contributed by atoms with van der Waals surface area (Å²) in [6.45, 7) is 6.53. The van der Waals surface area contributed by atoms with Crippen molar-refractivity contribution in [1.82, 2.24) is 0 Å². The van der Waals surface area contributed by atoms with E-state index in [0.29, 0.717) is 17.1 Å². The van der Waals surface area contributed by atoms with Gasteiger partial charge in [0.2, 0.25) is 5.41 Å². The molecule has 0 amide bonds. The fraction of sp³-hybridized carbons (Fsp3) is 0.440. The molecule has 2 aliphatic carbocycles. The van der Waals surface area contributed by atoms with E-state index in [4.69, 9.17) is 10.5 Å². The second-order valence-electron chi connectivity index (χ2n) is 9.30. The van der Waals surface area contributed by atoms with E-state index in [1.807, 2.05) is 6.08 Å². The molecule has 6 nitrogen and oxygen atoms in total. The lowest BCUT2D eigenvalue weighted by Gasteiger charge is -2.46. The number of hydrogen-bond donors (Lipinski definition) is 1. The average molecular weight is 415 g/mol. The minimum atomic E-state index is -1.62. The van der Waals surface area contributed by atoms with Gasteiger partial charge in [-0.25, -0.2) is 4.79 Å². The maximum Gasteiger partial charge on any atom is 0.337 e. The maximum atomic E-state index is 11.8. The number of nitrogens with two attached hydrogens (primary N) is 1. The first-order valence-electron chi connectivity index (χ1n) is 10.3. The second-order valence-corrected chi connectivity index (χ2v) is 9.30. The van der Waals surface area contributed by atoms with Gasteiger partial charge >= 0.3 is 5.97 Å². The molecule has 3 atom stereocenters. The summed E-state index contributed by atoms with van der Waals surface area (Å²) in [5.41, 5.74) is 6.94. The summed E-state index contributed by atoms with van der Waals surface area (Å²) in [5.74, 6) is -0.705. The SMILES string of the molecule is COC(=O)c1ccc([C@H]2C(C#N)=C(N)C(C#N)(C#N)C3=CC[C@@H](C(C)(C)C)C[C@@H]32)cc1. The van der Waals surface area contributed by atoms with E-state index >= 15 is 0 Å². The lowest BCUT2D eigenvalue weighted by molar-refractivity contribution is 0.0600. The average Bonchev–Trinajstić information content (AvgIpc) is 2.77. The van der Waals surface area contributed by atoms with Crippen molar-refractivity contribution < 1.29 is 9.53 Å². The zero-order valence-corrected chi connectivity index (χ0v) is 18.3. The van der Waals surface area contributed by atoms with E-state index in [1.165, 1.54) is 7.11 Å². The van der Waals surface area contributed by atoms with Crippen LogP contribution in [0.4, 0.5) is 0 Å². The number of nitrogens with zero attached hydrogens (tertiary/aromatic N) is 3. The zero-order chi connectivity index (χ0) is 23.0. The highest BCUT2D eigenvalue weighted by molar-refractivity contribution is 5.89. The molecule has 158 valence electrons. The van der Waals surface area contributed by atoms with Crippen LogP contribution >= 0.6 is 0 Å². The van der Waals surface area contributed by atoms with Gasteiger partial charge in [-0.2, -0.15) is 15.8 Å². The third kappa shape index (κ3) is 3.47. The predicted octanol–water partition coefficient (Wildman–Crippen LogP) is 4.34. The molecule has 31 heavy (non-hydrogen) atoms. The highest BCUT2D eigenvalue weighted by Gasteiger charge is 2.53. The first kappa shape index (κ1) is 22.1. The molecule has 0 fully saturated rings. The fourth-order valence-corrected chi connectivity index (χ4v) is 4.88. The topological polar surface area (TPSA) is 124 Å². The Hall–Kier alpha value is -3.56. The minimum absolute atomic E-state index is 0.0127. The number of fused-ring (bicyclic) bond motifs is 1. The van der Waals surface area contributed by atoms with Crippen LogP contribution in [0.3, 0.4) is 0 Å². The second kappa shape index (κ2) is 7.93. The molecular formula is C25H26N4O2. The van der Waals surface area contributed by atoms with Crippen molar-refractivity contribution in [1.29, 1.82) is 15.8 Å². The van der Waals surface area contributed by atoms with Crippen molar-refractivity contribution in [3.8, 4) is 18.2 Å². The van der Waals surface area contributed by atoms with Crippen LogP contribution in [0.15, 0.2) is 47.2 Å². The summed E-state index contributed by atoms with van der Waals surface area (Å²) < 4.78 is 4.77. The summed E-state index contributed by atoms with van der Waals surface area (Å²) in [6, 6.07) is 13.3. The molecule has 0 saturated heterocycles. The molecule has 2 aliphatic rings. The van der Waals surface area contributed by atoms with Crippen LogP contribution in [0.1, 0.15) is 55.5 Å². The van der Waals surface area contributed by atoms with Crippen LogP contribution in [-0.2, 0) is 4.74 Å². The minimum Gasteiger partial charge on any atom is -0.465 e. The molecule has 1 aromatic rings. The Kier molecular flexibility index (Phi) is 5.66. The van der Waals surface area contributed by atoms with E-state index in [0.717, 1.165) is 18.4 Å². The lowest BCUT2D eigenvalue weighted by atomic mass is 9.55. The van der Waals surface area contributed by atoms with Crippen molar-refractivity contribution in [2.45, 2.75) is 39.5 Å². The molecule has 2 N–H and O–H groups in total. The number of carbonyl (C=O) groups is 1. The number of hydrogen-bond acceptors (Lipinski definition) is 6. The van der Waals surface area contributed by atoms with Crippen LogP contribution in [0.2, 0.25) is 0 Å². The van der Waals surface area contributed by atoms with Crippen LogP contribution in [-0.4, -0.2) is 13.1 Å². The van der Waals surface area contributed by atoms with Crippen molar-refractivity contribution in [3.63, 3.8) is 0 Å². The molecule has 0 aromatic heterocycles. The Morgan fingerprint density at radius 2 is 1.77 bits per heavy atom. The number of benzene rings is 1. The molecule has 0 aliphatic heterocycles. The summed E-state index contributed by atoms with van der Waals surface area (Å²) in [5, 5.41) is 30.0.